The number of anilines is 1. The Kier molecular flexibility index (Phi) is 5.40. The summed E-state index contributed by atoms with van der Waals surface area (Å²) in [7, 11) is -3.56. The molecule has 128 valence electrons. The summed E-state index contributed by atoms with van der Waals surface area (Å²) in [6.07, 6.45) is 3.60. The van der Waals surface area contributed by atoms with Gasteiger partial charge in [-0.05, 0) is 55.0 Å². The standard InChI is InChI=1S/C19H18N2O2S2/c1-15-4-10-19(11-5-15)25(22,23)21-17-6-8-18(9-7-17)24-14-16-3-2-12-20-13-16/h2-13,21H,14H2,1H3. The van der Waals surface area contributed by atoms with Gasteiger partial charge >= 0.3 is 0 Å². The number of pyridine rings is 1. The van der Waals surface area contributed by atoms with Crippen LogP contribution in [-0.4, -0.2) is 13.4 Å². The third kappa shape index (κ3) is 4.84. The highest BCUT2D eigenvalue weighted by Gasteiger charge is 2.13. The SMILES string of the molecule is Cc1ccc(S(=O)(=O)Nc2ccc(SCc3cccnc3)cc2)cc1. The summed E-state index contributed by atoms with van der Waals surface area (Å²) in [6, 6.07) is 18.1. The molecule has 3 rings (SSSR count). The number of hydrogen-bond acceptors (Lipinski definition) is 4. The molecule has 0 bridgehead atoms. The lowest BCUT2D eigenvalue weighted by Crippen LogP contribution is -2.12. The van der Waals surface area contributed by atoms with Gasteiger partial charge in [-0.25, -0.2) is 8.42 Å². The van der Waals surface area contributed by atoms with E-state index < -0.39 is 10.0 Å². The van der Waals surface area contributed by atoms with Gasteiger partial charge in [0, 0.05) is 28.7 Å². The largest absolute Gasteiger partial charge is 0.280 e. The fraction of sp³-hybridized carbons (Fsp3) is 0.105. The minimum absolute atomic E-state index is 0.258. The summed E-state index contributed by atoms with van der Waals surface area (Å²) < 4.78 is 27.4. The minimum Gasteiger partial charge on any atom is -0.280 e. The van der Waals surface area contributed by atoms with Crippen LogP contribution < -0.4 is 4.72 Å². The molecule has 0 aliphatic heterocycles. The summed E-state index contributed by atoms with van der Waals surface area (Å²) in [5.74, 6) is 0.822. The Morgan fingerprint density at radius 3 is 2.36 bits per heavy atom. The molecule has 4 nitrogen and oxygen atoms in total. The predicted octanol–water partition coefficient (Wildman–Crippen LogP) is 4.48. The fourth-order valence-electron chi connectivity index (χ4n) is 2.20. The van der Waals surface area contributed by atoms with E-state index >= 15 is 0 Å². The summed E-state index contributed by atoms with van der Waals surface area (Å²) in [5, 5.41) is 0. The molecule has 0 saturated heterocycles. The zero-order valence-corrected chi connectivity index (χ0v) is 15.3. The van der Waals surface area contributed by atoms with Crippen LogP contribution in [0.4, 0.5) is 5.69 Å². The number of rotatable bonds is 6. The number of nitrogens with one attached hydrogen (secondary N) is 1. The number of aryl methyl sites for hydroxylation is 1. The first-order valence-electron chi connectivity index (χ1n) is 7.74. The highest BCUT2D eigenvalue weighted by Crippen LogP contribution is 2.25. The van der Waals surface area contributed by atoms with E-state index in [1.807, 2.05) is 37.4 Å². The van der Waals surface area contributed by atoms with Gasteiger partial charge in [0.2, 0.25) is 0 Å². The Labute approximate surface area is 152 Å². The topological polar surface area (TPSA) is 59.1 Å². The van der Waals surface area contributed by atoms with Gasteiger partial charge in [0.25, 0.3) is 10.0 Å². The molecule has 0 aliphatic rings. The molecular formula is C19H18N2O2S2. The van der Waals surface area contributed by atoms with Crippen LogP contribution in [0, 0.1) is 6.92 Å². The first kappa shape index (κ1) is 17.5. The molecule has 2 aromatic carbocycles. The van der Waals surface area contributed by atoms with Gasteiger partial charge in [0.15, 0.2) is 0 Å². The van der Waals surface area contributed by atoms with Gasteiger partial charge in [-0.15, -0.1) is 11.8 Å². The van der Waals surface area contributed by atoms with E-state index in [0.29, 0.717) is 5.69 Å². The average molecular weight is 370 g/mol. The van der Waals surface area contributed by atoms with Crippen LogP contribution in [0.15, 0.2) is 82.8 Å². The Morgan fingerprint density at radius 2 is 1.72 bits per heavy atom. The number of sulfonamides is 1. The Bertz CT molecular complexity index is 923. The molecule has 1 heterocycles. The highest BCUT2D eigenvalue weighted by molar-refractivity contribution is 7.98. The maximum atomic E-state index is 12.4. The monoisotopic (exact) mass is 370 g/mol. The van der Waals surface area contributed by atoms with Crippen molar-refractivity contribution in [3.05, 3.63) is 84.2 Å². The van der Waals surface area contributed by atoms with E-state index in [1.54, 1.807) is 54.4 Å². The molecule has 0 atom stereocenters. The Morgan fingerprint density at radius 1 is 1.00 bits per heavy atom. The lowest BCUT2D eigenvalue weighted by Gasteiger charge is -2.09. The van der Waals surface area contributed by atoms with Gasteiger partial charge in [-0.2, -0.15) is 0 Å². The normalized spacial score (nSPS) is 11.2. The van der Waals surface area contributed by atoms with Gasteiger partial charge in [-0.1, -0.05) is 23.8 Å². The quantitative estimate of drug-likeness (QED) is 0.650. The summed E-state index contributed by atoms with van der Waals surface area (Å²) in [6.45, 7) is 1.92. The third-order valence-corrected chi connectivity index (χ3v) is 6.05. The minimum atomic E-state index is -3.56. The first-order valence-corrected chi connectivity index (χ1v) is 10.2. The van der Waals surface area contributed by atoms with Crippen LogP contribution >= 0.6 is 11.8 Å². The molecule has 6 heteroatoms. The van der Waals surface area contributed by atoms with E-state index in [1.165, 1.54) is 0 Å². The molecule has 0 unspecified atom stereocenters. The summed E-state index contributed by atoms with van der Waals surface area (Å²) in [5.41, 5.74) is 2.72. The van der Waals surface area contributed by atoms with Crippen LogP contribution in [0.2, 0.25) is 0 Å². The van der Waals surface area contributed by atoms with Gasteiger partial charge in [-0.3, -0.25) is 9.71 Å². The molecule has 0 saturated carbocycles. The van der Waals surface area contributed by atoms with E-state index in [9.17, 15) is 8.42 Å². The van der Waals surface area contributed by atoms with E-state index in [0.717, 1.165) is 21.8 Å². The van der Waals surface area contributed by atoms with Gasteiger partial charge < -0.3 is 0 Å². The lowest BCUT2D eigenvalue weighted by molar-refractivity contribution is 0.601. The zero-order chi connectivity index (χ0) is 17.7. The van der Waals surface area contributed by atoms with Gasteiger partial charge in [0.05, 0.1) is 4.90 Å². The molecule has 25 heavy (non-hydrogen) atoms. The molecular weight excluding hydrogens is 352 g/mol. The summed E-state index contributed by atoms with van der Waals surface area (Å²) in [4.78, 5) is 5.42. The maximum absolute atomic E-state index is 12.4. The number of thioether (sulfide) groups is 1. The van der Waals surface area contributed by atoms with Crippen LogP contribution in [0.5, 0.6) is 0 Å². The van der Waals surface area contributed by atoms with Crippen molar-refractivity contribution in [1.82, 2.24) is 4.98 Å². The molecule has 3 aromatic rings. The molecule has 1 aromatic heterocycles. The average Bonchev–Trinajstić information content (AvgIpc) is 2.62. The van der Waals surface area contributed by atoms with Crippen molar-refractivity contribution in [2.45, 2.75) is 22.5 Å². The van der Waals surface area contributed by atoms with Crippen molar-refractivity contribution in [2.24, 2.45) is 0 Å². The molecule has 0 aliphatic carbocycles. The van der Waals surface area contributed by atoms with Crippen LogP contribution in [0.25, 0.3) is 0 Å². The van der Waals surface area contributed by atoms with Crippen LogP contribution in [0.1, 0.15) is 11.1 Å². The second-order valence-electron chi connectivity index (χ2n) is 5.59. The number of hydrogen-bond donors (Lipinski definition) is 1. The lowest BCUT2D eigenvalue weighted by atomic mass is 10.2. The second-order valence-corrected chi connectivity index (χ2v) is 8.32. The van der Waals surface area contributed by atoms with Crippen LogP contribution in [-0.2, 0) is 15.8 Å². The number of aromatic nitrogens is 1. The van der Waals surface area contributed by atoms with Crippen molar-refractivity contribution >= 4 is 27.5 Å². The molecule has 0 spiro atoms. The van der Waals surface area contributed by atoms with Crippen molar-refractivity contribution < 1.29 is 8.42 Å². The predicted molar refractivity (Wildman–Crippen MR) is 102 cm³/mol. The molecule has 0 fully saturated rings. The van der Waals surface area contributed by atoms with Crippen molar-refractivity contribution in [3.8, 4) is 0 Å². The summed E-state index contributed by atoms with van der Waals surface area (Å²) >= 11 is 1.68. The van der Waals surface area contributed by atoms with Crippen molar-refractivity contribution in [3.63, 3.8) is 0 Å². The van der Waals surface area contributed by atoms with E-state index in [-0.39, 0.29) is 4.90 Å². The zero-order valence-electron chi connectivity index (χ0n) is 13.7. The number of nitrogens with zero attached hydrogens (tertiary/aromatic N) is 1. The maximum Gasteiger partial charge on any atom is 0.261 e. The Balaban J connectivity index is 1.65. The molecule has 0 radical (unpaired) electrons. The fourth-order valence-corrected chi connectivity index (χ4v) is 4.09. The molecule has 1 N–H and O–H groups in total. The van der Waals surface area contributed by atoms with Crippen molar-refractivity contribution in [2.75, 3.05) is 4.72 Å². The highest BCUT2D eigenvalue weighted by atomic mass is 32.2. The van der Waals surface area contributed by atoms with Crippen molar-refractivity contribution in [1.29, 1.82) is 0 Å². The Hall–Kier alpha value is -2.31. The second kappa shape index (κ2) is 7.72. The van der Waals surface area contributed by atoms with Crippen LogP contribution in [0.3, 0.4) is 0 Å². The van der Waals surface area contributed by atoms with Gasteiger partial charge in [0.1, 0.15) is 0 Å². The third-order valence-electron chi connectivity index (χ3n) is 3.57. The smallest absolute Gasteiger partial charge is 0.261 e. The number of benzene rings is 2. The van der Waals surface area contributed by atoms with E-state index in [2.05, 4.69) is 9.71 Å². The molecule has 0 amide bonds. The van der Waals surface area contributed by atoms with E-state index in [4.69, 9.17) is 0 Å². The first-order chi connectivity index (χ1) is 12.0.